The molecule has 0 radical (unpaired) electrons. The van der Waals surface area contributed by atoms with Crippen molar-refractivity contribution in [3.05, 3.63) is 69.8 Å². The van der Waals surface area contributed by atoms with E-state index < -0.39 is 269 Å². The Hall–Kier alpha value is -6.85. The van der Waals surface area contributed by atoms with Crippen LogP contribution in [0.3, 0.4) is 0 Å². The van der Waals surface area contributed by atoms with E-state index in [9.17, 15) is 197 Å². The number of carbonyl (C=O) groups excluding carboxylic acids is 2. The summed E-state index contributed by atoms with van der Waals surface area (Å²) in [6.07, 6.45) is -105. The predicted molar refractivity (Wildman–Crippen MR) is 246 cm³/mol. The fraction of sp³-hybridized carbons (Fsp3) is 0.646. The van der Waals surface area contributed by atoms with Gasteiger partial charge in [-0.1, -0.05) is 36.4 Å². The van der Waals surface area contributed by atoms with Crippen molar-refractivity contribution in [1.82, 2.24) is 25.3 Å². The molecule has 0 unspecified atom stereocenters. The molecule has 0 aliphatic rings. The lowest BCUT2D eigenvalue weighted by Crippen LogP contribution is -2.61. The van der Waals surface area contributed by atoms with Crippen LogP contribution in [0.2, 0.25) is 0 Å². The van der Waals surface area contributed by atoms with E-state index in [0.29, 0.717) is 14.7 Å². The summed E-state index contributed by atoms with van der Waals surface area (Å²) in [6.45, 7) is -14.2. The number of carboxylic acids is 3. The van der Waals surface area contributed by atoms with Crippen LogP contribution in [-0.2, 0) is 62.7 Å². The average molecular weight is 1500 g/mol. The van der Waals surface area contributed by atoms with Gasteiger partial charge in [0.1, 0.15) is 0 Å². The molecule has 2 rings (SSSR count). The standard InChI is InChI=1S/C48H41F36N5O8/c49-37(50,51)33(38(52,53)54,39(55,56)57)11-22-5-23(12-34(40(58,59)60,41(61,62)63)42(64,65)66)8-26(7-22)15-85-28(90)17-88(20-31(94)95)3-1-87(19-30(92)93)2-4-89(21-32(96)97)18-29(91)86-16-27-9-24(13-35(43(67,68)69,44(70,71)72)45(73,74)75)6-25(10-27)14-36(46(76,77)78,47(79,80)81)48(82,83)84/h5-10H,1-4,11-21H2,(H,85,90)(H,86,91)(H,92,93)(H,94,95)(H,96,97). The summed E-state index contributed by atoms with van der Waals surface area (Å²) in [4.78, 5) is 62.9. The van der Waals surface area contributed by atoms with Crippen LogP contribution in [0.1, 0.15) is 33.4 Å². The van der Waals surface area contributed by atoms with Gasteiger partial charge in [0.2, 0.25) is 11.8 Å². The summed E-state index contributed by atoms with van der Waals surface area (Å²) in [5, 5.41) is 31.6. The third kappa shape index (κ3) is 19.8. The summed E-state index contributed by atoms with van der Waals surface area (Å²) in [6, 6.07) is -2.63. The molecule has 2 aromatic rings. The van der Waals surface area contributed by atoms with E-state index in [4.69, 9.17) is 0 Å². The van der Waals surface area contributed by atoms with Gasteiger partial charge in [0.15, 0.2) is 0 Å². The van der Waals surface area contributed by atoms with Gasteiger partial charge in [0, 0.05) is 65.0 Å². The fourth-order valence-corrected chi connectivity index (χ4v) is 9.40. The molecule has 2 amide bonds. The molecule has 0 saturated carbocycles. The fourth-order valence-electron chi connectivity index (χ4n) is 9.40. The van der Waals surface area contributed by atoms with E-state index in [2.05, 4.69) is 0 Å². The Morgan fingerprint density at radius 1 is 0.258 bits per heavy atom. The third-order valence-corrected chi connectivity index (χ3v) is 14.2. The number of benzene rings is 2. The molecule has 13 nitrogen and oxygen atoms in total. The maximum atomic E-state index is 13.9. The molecule has 0 spiro atoms. The average Bonchev–Trinajstić information content (AvgIpc) is 0.743. The second-order valence-corrected chi connectivity index (χ2v) is 21.0. The largest absolute Gasteiger partial charge is 0.480 e. The first kappa shape index (κ1) is 86.2. The maximum absolute atomic E-state index is 13.9. The molecular weight excluding hydrogens is 1460 g/mol. The zero-order chi connectivity index (χ0) is 76.3. The topological polar surface area (TPSA) is 180 Å². The van der Waals surface area contributed by atoms with Crippen LogP contribution in [0.4, 0.5) is 158 Å². The molecule has 0 fully saturated rings. The van der Waals surface area contributed by atoms with Crippen molar-refractivity contribution in [2.75, 3.05) is 58.9 Å². The summed E-state index contributed by atoms with van der Waals surface area (Å²) < 4.78 is 501. The highest BCUT2D eigenvalue weighted by molar-refractivity contribution is 5.79. The van der Waals surface area contributed by atoms with Gasteiger partial charge >= 0.3 is 92.0 Å². The van der Waals surface area contributed by atoms with Gasteiger partial charge in [-0.15, -0.1) is 0 Å². The Balaban J connectivity index is 2.63. The maximum Gasteiger partial charge on any atom is 0.412 e. The molecule has 0 saturated heterocycles. The molecule has 0 atom stereocenters. The van der Waals surface area contributed by atoms with E-state index in [1.165, 1.54) is 0 Å². The number of hydrogen-bond donors (Lipinski definition) is 5. The molecule has 558 valence electrons. The number of nitrogens with zero attached hydrogens (tertiary/aromatic N) is 3. The number of nitrogens with one attached hydrogen (secondary N) is 2. The molecule has 0 bridgehead atoms. The highest BCUT2D eigenvalue weighted by Gasteiger charge is 2.86. The molecule has 0 heterocycles. The molecular formula is C48H41F36N5O8. The number of hydrogen-bond acceptors (Lipinski definition) is 8. The van der Waals surface area contributed by atoms with Crippen molar-refractivity contribution in [2.24, 2.45) is 21.7 Å². The zero-order valence-electron chi connectivity index (χ0n) is 46.9. The molecule has 97 heavy (non-hydrogen) atoms. The van der Waals surface area contributed by atoms with Crippen LogP contribution in [-0.4, -0.2) is 193 Å². The first-order valence-corrected chi connectivity index (χ1v) is 25.3. The summed E-state index contributed by atoms with van der Waals surface area (Å²) in [5.74, 6) is -9.25. The number of carbonyl (C=O) groups is 5. The van der Waals surface area contributed by atoms with Gasteiger partial charge in [-0.05, 0) is 33.4 Å². The first-order valence-electron chi connectivity index (χ1n) is 25.3. The number of halogens is 36. The lowest BCUT2D eigenvalue weighted by molar-refractivity contribution is -0.428. The zero-order valence-corrected chi connectivity index (χ0v) is 46.9. The smallest absolute Gasteiger partial charge is 0.412 e. The van der Waals surface area contributed by atoms with Crippen molar-refractivity contribution < 1.29 is 197 Å². The second kappa shape index (κ2) is 29.2. The van der Waals surface area contributed by atoms with E-state index in [1.54, 1.807) is 10.6 Å². The van der Waals surface area contributed by atoms with Crippen LogP contribution in [0, 0.1) is 21.7 Å². The molecule has 0 aromatic heterocycles. The lowest BCUT2D eigenvalue weighted by atomic mass is 9.76. The molecule has 0 aliphatic carbocycles. The van der Waals surface area contributed by atoms with Crippen molar-refractivity contribution >= 4 is 29.7 Å². The monoisotopic (exact) mass is 1500 g/mol. The van der Waals surface area contributed by atoms with Gasteiger partial charge in [0.05, 0.1) is 32.7 Å². The molecule has 2 aromatic carbocycles. The Labute approximate surface area is 515 Å². The van der Waals surface area contributed by atoms with Crippen LogP contribution in [0.5, 0.6) is 0 Å². The number of carboxylic acid groups (broad SMARTS) is 3. The van der Waals surface area contributed by atoms with E-state index >= 15 is 0 Å². The van der Waals surface area contributed by atoms with Crippen LogP contribution < -0.4 is 10.6 Å². The second-order valence-electron chi connectivity index (χ2n) is 21.0. The normalized spacial score (nSPS) is 14.6. The Bertz CT molecular complexity index is 2580. The number of amides is 2. The van der Waals surface area contributed by atoms with E-state index in [-0.39, 0.29) is 24.3 Å². The van der Waals surface area contributed by atoms with Gasteiger partial charge in [0.25, 0.3) is 21.7 Å². The molecule has 49 heteroatoms. The van der Waals surface area contributed by atoms with Crippen LogP contribution >= 0.6 is 0 Å². The minimum absolute atomic E-state index is 0.285. The quantitative estimate of drug-likeness (QED) is 0.0512. The van der Waals surface area contributed by atoms with Crippen molar-refractivity contribution in [3.63, 3.8) is 0 Å². The first-order chi connectivity index (χ1) is 42.9. The number of aliphatic carboxylic acids is 3. The molecule has 0 aliphatic heterocycles. The van der Waals surface area contributed by atoms with Crippen molar-refractivity contribution in [1.29, 1.82) is 0 Å². The van der Waals surface area contributed by atoms with E-state index in [0.717, 1.165) is 0 Å². The minimum atomic E-state index is -7.52. The third-order valence-electron chi connectivity index (χ3n) is 14.2. The van der Waals surface area contributed by atoms with Gasteiger partial charge in [-0.25, -0.2) is 0 Å². The highest BCUT2D eigenvalue weighted by atomic mass is 19.5. The van der Waals surface area contributed by atoms with Crippen molar-refractivity contribution in [2.45, 2.75) is 113 Å². The number of alkyl halides is 36. The Morgan fingerprint density at radius 3 is 0.577 bits per heavy atom. The predicted octanol–water partition coefficient (Wildman–Crippen LogP) is 12.6. The van der Waals surface area contributed by atoms with Gasteiger partial charge in [-0.3, -0.25) is 38.7 Å². The highest BCUT2D eigenvalue weighted by Crippen LogP contribution is 2.65. The molecule has 5 N–H and O–H groups in total. The SMILES string of the molecule is O=C(O)CN(CCN(CC(=O)O)CC(=O)NCc1cc(CC(C(F)(F)F)(C(F)(F)F)C(F)(F)F)cc(CC(C(F)(F)F)(C(F)(F)F)C(F)(F)F)c1)CCN(CC(=O)O)CC(=O)NCc1cc(CC(C(F)(F)F)(C(F)(F)F)C(F)(F)F)cc(CC(C(F)(F)F)(C(F)(F)F)C(F)(F)F)c1. The van der Waals surface area contributed by atoms with Crippen LogP contribution in [0.15, 0.2) is 36.4 Å². The van der Waals surface area contributed by atoms with E-state index in [1.807, 2.05) is 0 Å². The van der Waals surface area contributed by atoms with Crippen molar-refractivity contribution in [3.8, 4) is 0 Å². The summed E-state index contributed by atoms with van der Waals surface area (Å²) >= 11 is 0. The van der Waals surface area contributed by atoms with Crippen LogP contribution in [0.25, 0.3) is 0 Å². The van der Waals surface area contributed by atoms with Gasteiger partial charge in [-0.2, -0.15) is 158 Å². The summed E-state index contributed by atoms with van der Waals surface area (Å²) in [5.41, 5.74) is -39.7. The Morgan fingerprint density at radius 2 is 0.412 bits per heavy atom. The summed E-state index contributed by atoms with van der Waals surface area (Å²) in [7, 11) is 0. The Kier molecular flexibility index (Phi) is 25.9. The number of rotatable bonds is 28. The van der Waals surface area contributed by atoms with Gasteiger partial charge < -0.3 is 26.0 Å². The minimum Gasteiger partial charge on any atom is -0.480 e. The lowest BCUT2D eigenvalue weighted by Gasteiger charge is -2.39.